The normalized spacial score (nSPS) is 22.1. The quantitative estimate of drug-likeness (QED) is 0.825. The maximum absolute atomic E-state index is 12.7. The van der Waals surface area contributed by atoms with Gasteiger partial charge in [0, 0.05) is 32.4 Å². The molecule has 1 atom stereocenters. The summed E-state index contributed by atoms with van der Waals surface area (Å²) >= 11 is 5.97. The van der Waals surface area contributed by atoms with Crippen molar-refractivity contribution in [3.8, 4) is 0 Å². The Morgan fingerprint density at radius 1 is 1.35 bits per heavy atom. The number of nitrogens with zero attached hydrogens (tertiary/aromatic N) is 4. The van der Waals surface area contributed by atoms with E-state index in [-0.39, 0.29) is 30.6 Å². The zero-order valence-corrected chi connectivity index (χ0v) is 14.5. The van der Waals surface area contributed by atoms with Crippen LogP contribution in [0.5, 0.6) is 0 Å². The van der Waals surface area contributed by atoms with Crippen molar-refractivity contribution in [2.75, 3.05) is 50.8 Å². The molecule has 2 aliphatic heterocycles. The van der Waals surface area contributed by atoms with Gasteiger partial charge in [0.15, 0.2) is 0 Å². The Kier molecular flexibility index (Phi) is 5.56. The van der Waals surface area contributed by atoms with Crippen LogP contribution in [0.1, 0.15) is 5.56 Å². The van der Waals surface area contributed by atoms with E-state index in [1.807, 2.05) is 4.90 Å². The number of amides is 1. The largest absolute Gasteiger partial charge is 0.417 e. The summed E-state index contributed by atoms with van der Waals surface area (Å²) < 4.78 is 38.1. The van der Waals surface area contributed by atoms with E-state index in [0.29, 0.717) is 32.0 Å². The zero-order valence-electron chi connectivity index (χ0n) is 13.7. The van der Waals surface area contributed by atoms with Gasteiger partial charge in [-0.3, -0.25) is 14.5 Å². The number of pyridine rings is 1. The van der Waals surface area contributed by atoms with Crippen LogP contribution in [-0.4, -0.2) is 77.9 Å². The molecule has 2 saturated heterocycles. The van der Waals surface area contributed by atoms with Gasteiger partial charge in [-0.15, -0.1) is 0 Å². The van der Waals surface area contributed by atoms with Crippen LogP contribution in [0, 0.1) is 0 Å². The van der Waals surface area contributed by atoms with Gasteiger partial charge in [-0.1, -0.05) is 11.6 Å². The monoisotopic (exact) mass is 394 g/mol. The molecule has 0 bridgehead atoms. The predicted octanol–water partition coefficient (Wildman–Crippen LogP) is 1.01. The first-order valence-electron chi connectivity index (χ1n) is 8.05. The molecule has 1 N–H and O–H groups in total. The second-order valence-electron chi connectivity index (χ2n) is 6.19. The number of anilines is 1. The van der Waals surface area contributed by atoms with Crippen LogP contribution in [0.3, 0.4) is 0 Å². The highest BCUT2D eigenvalue weighted by atomic mass is 35.5. The molecule has 7 nitrogen and oxygen atoms in total. The molecule has 1 aromatic heterocycles. The number of aliphatic hydroxyl groups is 1. The highest BCUT2D eigenvalue weighted by Gasteiger charge is 2.33. The topological polar surface area (TPSA) is 69.1 Å². The van der Waals surface area contributed by atoms with E-state index in [2.05, 4.69) is 4.98 Å². The summed E-state index contributed by atoms with van der Waals surface area (Å²) in [6.07, 6.45) is -4.38. The Balaban J connectivity index is 1.54. The molecule has 26 heavy (non-hydrogen) atoms. The lowest BCUT2D eigenvalue weighted by Crippen LogP contribution is -2.50. The summed E-state index contributed by atoms with van der Waals surface area (Å²) in [6.45, 7) is 2.43. The Bertz CT molecular complexity index is 668. The average Bonchev–Trinajstić information content (AvgIpc) is 3.01. The van der Waals surface area contributed by atoms with Crippen molar-refractivity contribution >= 4 is 23.3 Å². The summed E-state index contributed by atoms with van der Waals surface area (Å²) in [5.74, 6) is 0.0670. The molecular formula is C15H18ClF3N4O3. The molecule has 0 spiro atoms. The van der Waals surface area contributed by atoms with Crippen LogP contribution >= 0.6 is 11.6 Å². The Hall–Kier alpha value is -1.62. The van der Waals surface area contributed by atoms with Crippen LogP contribution in [-0.2, 0) is 15.8 Å². The number of piperazine rings is 1. The van der Waals surface area contributed by atoms with E-state index < -0.39 is 17.8 Å². The minimum atomic E-state index is -4.49. The fraction of sp³-hybridized carbons (Fsp3) is 0.600. The predicted molar refractivity (Wildman–Crippen MR) is 86.6 cm³/mol. The smallest absolute Gasteiger partial charge is 0.389 e. The molecule has 144 valence electrons. The van der Waals surface area contributed by atoms with E-state index >= 15 is 0 Å². The van der Waals surface area contributed by atoms with Crippen molar-refractivity contribution < 1.29 is 27.9 Å². The van der Waals surface area contributed by atoms with Gasteiger partial charge in [-0.2, -0.15) is 13.2 Å². The number of aromatic nitrogens is 1. The molecule has 0 aliphatic carbocycles. The summed E-state index contributed by atoms with van der Waals surface area (Å²) in [5.41, 5.74) is -0.886. The summed E-state index contributed by atoms with van der Waals surface area (Å²) in [6, 6.07) is 0.871. The van der Waals surface area contributed by atoms with Crippen LogP contribution in [0.15, 0.2) is 12.3 Å². The summed E-state index contributed by atoms with van der Waals surface area (Å²) in [5, 5.41) is 10.5. The number of aliphatic hydroxyl groups excluding tert-OH is 1. The van der Waals surface area contributed by atoms with E-state index in [1.54, 1.807) is 4.90 Å². The third kappa shape index (κ3) is 4.37. The molecule has 1 amide bonds. The van der Waals surface area contributed by atoms with Gasteiger partial charge < -0.3 is 10.0 Å². The fourth-order valence-electron chi connectivity index (χ4n) is 2.85. The Labute approximate surface area is 152 Å². The number of carbonyl (C=O) groups is 1. The van der Waals surface area contributed by atoms with Crippen LogP contribution in [0.4, 0.5) is 19.0 Å². The van der Waals surface area contributed by atoms with Crippen LogP contribution in [0.25, 0.3) is 0 Å². The van der Waals surface area contributed by atoms with E-state index in [0.717, 1.165) is 17.3 Å². The zero-order chi connectivity index (χ0) is 18.9. The maximum atomic E-state index is 12.7. The van der Waals surface area contributed by atoms with Gasteiger partial charge in [0.05, 0.1) is 29.8 Å². The molecule has 3 rings (SSSR count). The number of rotatable bonds is 3. The van der Waals surface area contributed by atoms with Crippen LogP contribution in [0.2, 0.25) is 5.02 Å². The van der Waals surface area contributed by atoms with Crippen LogP contribution < -0.4 is 4.90 Å². The minimum Gasteiger partial charge on any atom is -0.389 e. The number of β-amino-alcohol motifs (C(OH)–C–C–N with tert-alkyl or cyclic N) is 1. The Morgan fingerprint density at radius 3 is 2.58 bits per heavy atom. The lowest BCUT2D eigenvalue weighted by atomic mass is 10.2. The Morgan fingerprint density at radius 2 is 2.04 bits per heavy atom. The van der Waals surface area contributed by atoms with Gasteiger partial charge in [0.1, 0.15) is 12.4 Å². The number of carbonyl (C=O) groups excluding carboxylic acids is 1. The lowest BCUT2D eigenvalue weighted by Gasteiger charge is -2.35. The first-order valence-corrected chi connectivity index (χ1v) is 8.43. The van der Waals surface area contributed by atoms with Crippen molar-refractivity contribution in [1.82, 2.24) is 14.9 Å². The summed E-state index contributed by atoms with van der Waals surface area (Å²) in [4.78, 5) is 24.7. The molecule has 1 aromatic rings. The number of alkyl halides is 3. The average molecular weight is 395 g/mol. The maximum Gasteiger partial charge on any atom is 0.417 e. The van der Waals surface area contributed by atoms with Crippen molar-refractivity contribution in [3.05, 3.63) is 22.8 Å². The number of hydroxylamine groups is 2. The molecule has 3 heterocycles. The third-order valence-corrected chi connectivity index (χ3v) is 4.54. The van der Waals surface area contributed by atoms with E-state index in [9.17, 15) is 23.1 Å². The SMILES string of the molecule is O=C(CN1CCN(c2ncc(C(F)(F)F)cc2Cl)CC1)N1C[C@H](O)CO1. The van der Waals surface area contributed by atoms with Crippen molar-refractivity contribution in [3.63, 3.8) is 0 Å². The minimum absolute atomic E-state index is 0.0520. The first-order chi connectivity index (χ1) is 12.2. The molecule has 2 fully saturated rings. The van der Waals surface area contributed by atoms with Gasteiger partial charge in [0.25, 0.3) is 5.91 Å². The second-order valence-corrected chi connectivity index (χ2v) is 6.60. The van der Waals surface area contributed by atoms with Gasteiger partial charge in [-0.05, 0) is 6.07 Å². The standard InChI is InChI=1S/C15H18ClF3N4O3/c16-12-5-10(15(17,18)19)6-20-14(12)22-3-1-21(2-4-22)8-13(25)23-7-11(24)9-26-23/h5-6,11,24H,1-4,7-9H2/t11-/m0/s1. The first kappa shape index (κ1) is 19.2. The molecular weight excluding hydrogens is 377 g/mol. The molecule has 0 saturated carbocycles. The second kappa shape index (κ2) is 7.55. The van der Waals surface area contributed by atoms with E-state index in [4.69, 9.17) is 16.4 Å². The van der Waals surface area contributed by atoms with Gasteiger partial charge >= 0.3 is 6.18 Å². The van der Waals surface area contributed by atoms with Crippen molar-refractivity contribution in [2.45, 2.75) is 12.3 Å². The molecule has 0 radical (unpaired) electrons. The van der Waals surface area contributed by atoms with Gasteiger partial charge in [-0.25, -0.2) is 10.0 Å². The summed E-state index contributed by atoms with van der Waals surface area (Å²) in [7, 11) is 0. The highest BCUT2D eigenvalue weighted by Crippen LogP contribution is 2.33. The highest BCUT2D eigenvalue weighted by molar-refractivity contribution is 6.33. The van der Waals surface area contributed by atoms with Gasteiger partial charge in [0.2, 0.25) is 0 Å². The lowest BCUT2D eigenvalue weighted by molar-refractivity contribution is -0.169. The molecule has 0 aromatic carbocycles. The number of halogens is 4. The van der Waals surface area contributed by atoms with E-state index in [1.165, 1.54) is 0 Å². The molecule has 0 unspecified atom stereocenters. The number of hydrogen-bond donors (Lipinski definition) is 1. The fourth-order valence-corrected chi connectivity index (χ4v) is 3.14. The molecule has 2 aliphatic rings. The third-order valence-electron chi connectivity index (χ3n) is 4.26. The molecule has 11 heteroatoms. The number of hydrogen-bond acceptors (Lipinski definition) is 6. The van der Waals surface area contributed by atoms with Crippen molar-refractivity contribution in [1.29, 1.82) is 0 Å². The van der Waals surface area contributed by atoms with Crippen molar-refractivity contribution in [2.24, 2.45) is 0 Å².